The lowest BCUT2D eigenvalue weighted by Gasteiger charge is -2.50. The van der Waals surface area contributed by atoms with Crippen molar-refractivity contribution in [2.75, 3.05) is 27.8 Å². The van der Waals surface area contributed by atoms with Crippen molar-refractivity contribution in [3.8, 4) is 0 Å². The number of carbonyl (C=O) groups is 3. The SMILES string of the molecule is COC1[C@H](O)CC(=O)O[C@H](C)[C@@H](CO)/C=C/C=C/C(=O)[C@H](C)C[C@H](CC=O)[C@@H]1O[C@@H]1O[C@H](C)C(O[C@H]2CC(C)(O)[C@@H](O)[C@@H](C)O2)C(N(C)C)C1O. The van der Waals surface area contributed by atoms with Crippen LogP contribution in [0.25, 0.3) is 0 Å². The van der Waals surface area contributed by atoms with Gasteiger partial charge in [-0.05, 0) is 60.2 Å². The van der Waals surface area contributed by atoms with Gasteiger partial charge in [-0.25, -0.2) is 0 Å². The molecular formula is C36H59NO14. The molecular weight excluding hydrogens is 670 g/mol. The van der Waals surface area contributed by atoms with E-state index >= 15 is 0 Å². The van der Waals surface area contributed by atoms with Crippen molar-refractivity contribution in [1.29, 1.82) is 0 Å². The maximum Gasteiger partial charge on any atom is 0.308 e. The third kappa shape index (κ3) is 11.2. The van der Waals surface area contributed by atoms with E-state index < -0.39 is 109 Å². The van der Waals surface area contributed by atoms with Gasteiger partial charge in [-0.15, -0.1) is 0 Å². The molecule has 15 nitrogen and oxygen atoms in total. The normalized spacial score (nSPS) is 44.9. The summed E-state index contributed by atoms with van der Waals surface area (Å²) in [5.41, 5.74) is -1.48. The van der Waals surface area contributed by atoms with Crippen LogP contribution in [0.15, 0.2) is 24.3 Å². The second-order valence-electron chi connectivity index (χ2n) is 14.6. The van der Waals surface area contributed by atoms with Gasteiger partial charge in [0.05, 0.1) is 49.1 Å². The maximum atomic E-state index is 13.1. The first-order valence-electron chi connectivity index (χ1n) is 17.7. The largest absolute Gasteiger partial charge is 0.462 e. The summed E-state index contributed by atoms with van der Waals surface area (Å²) in [6, 6.07) is -0.759. The topological polar surface area (TPSA) is 211 Å². The summed E-state index contributed by atoms with van der Waals surface area (Å²) >= 11 is 0. The molecule has 0 amide bonds. The first-order valence-corrected chi connectivity index (χ1v) is 17.7. The number of ether oxygens (including phenoxy) is 6. The highest BCUT2D eigenvalue weighted by Crippen LogP contribution is 2.36. The summed E-state index contributed by atoms with van der Waals surface area (Å²) in [5, 5.41) is 54.2. The van der Waals surface area contributed by atoms with Crippen LogP contribution in [0.1, 0.15) is 60.3 Å². The molecule has 5 unspecified atom stereocenters. The Kier molecular flexibility index (Phi) is 16.3. The number of methoxy groups -OCH3 is 1. The van der Waals surface area contributed by atoms with E-state index in [1.165, 1.54) is 26.2 Å². The number of cyclic esters (lactones) is 1. The molecule has 0 aromatic rings. The fourth-order valence-electron chi connectivity index (χ4n) is 7.18. The zero-order chi connectivity index (χ0) is 38.2. The molecule has 2 saturated heterocycles. The number of aliphatic hydroxyl groups excluding tert-OH is 4. The molecule has 0 saturated carbocycles. The Bertz CT molecular complexity index is 1190. The van der Waals surface area contributed by atoms with Crippen LogP contribution < -0.4 is 0 Å². The molecule has 0 bridgehead atoms. The number of likely N-dealkylation sites (N-methyl/N-ethyl adjacent to an activating group) is 1. The number of allylic oxidation sites excluding steroid dienone is 3. The first kappa shape index (κ1) is 43.3. The van der Waals surface area contributed by atoms with Gasteiger partial charge in [-0.1, -0.05) is 25.2 Å². The highest BCUT2D eigenvalue weighted by molar-refractivity contribution is 5.91. The average molecular weight is 730 g/mol. The fourth-order valence-corrected chi connectivity index (χ4v) is 7.18. The molecule has 0 aromatic heterocycles. The summed E-state index contributed by atoms with van der Waals surface area (Å²) in [6.07, 6.45) is -5.53. The van der Waals surface area contributed by atoms with Crippen molar-refractivity contribution in [2.24, 2.45) is 17.8 Å². The van der Waals surface area contributed by atoms with E-state index in [4.69, 9.17) is 28.4 Å². The molecule has 3 aliphatic rings. The second-order valence-corrected chi connectivity index (χ2v) is 14.6. The van der Waals surface area contributed by atoms with Crippen molar-refractivity contribution in [3.05, 3.63) is 24.3 Å². The second kappa shape index (κ2) is 19.3. The molecule has 3 aliphatic heterocycles. The summed E-state index contributed by atoms with van der Waals surface area (Å²) in [7, 11) is 4.77. The molecule has 2 fully saturated rings. The number of nitrogens with zero attached hydrogens (tertiary/aromatic N) is 1. The van der Waals surface area contributed by atoms with E-state index in [1.54, 1.807) is 58.8 Å². The number of ketones is 1. The van der Waals surface area contributed by atoms with Crippen molar-refractivity contribution in [3.63, 3.8) is 0 Å². The number of aldehydes is 1. The van der Waals surface area contributed by atoms with Gasteiger partial charge in [0.15, 0.2) is 18.4 Å². The van der Waals surface area contributed by atoms with Crippen LogP contribution in [0.2, 0.25) is 0 Å². The summed E-state index contributed by atoms with van der Waals surface area (Å²) in [5.74, 6) is -2.92. The standard InChI is InChI=1S/C36H59NO14/c1-19-15-23(13-14-38)32(33(46-8)26(41)16-27(42)47-20(2)24(18-39)11-9-10-12-25(19)40)51-35-30(43)29(37(6)7)31(21(3)49-35)50-28-17-36(5,45)34(44)22(4)48-28/h9-12,14,19-24,26,28-35,39,41,43-45H,13,15-18H2,1-8H3/b11-9+,12-10+/t19-,20-,21-,22-,23+,24-,26-,28+,29?,30?,31?,32+,33?,34+,35+,36?/m1/s1. The van der Waals surface area contributed by atoms with Gasteiger partial charge in [0, 0.05) is 31.8 Å². The molecule has 292 valence electrons. The van der Waals surface area contributed by atoms with Crippen LogP contribution in [-0.4, -0.2) is 155 Å². The first-order chi connectivity index (χ1) is 23.9. The third-order valence-electron chi connectivity index (χ3n) is 10.2. The highest BCUT2D eigenvalue weighted by Gasteiger charge is 2.51. The third-order valence-corrected chi connectivity index (χ3v) is 10.2. The zero-order valence-corrected chi connectivity index (χ0v) is 30.9. The minimum atomic E-state index is -1.51. The van der Waals surface area contributed by atoms with Crippen LogP contribution in [0.3, 0.4) is 0 Å². The number of esters is 1. The molecule has 51 heavy (non-hydrogen) atoms. The van der Waals surface area contributed by atoms with Crippen molar-refractivity contribution in [1.82, 2.24) is 4.90 Å². The number of carbonyl (C=O) groups excluding carboxylic acids is 3. The van der Waals surface area contributed by atoms with Crippen LogP contribution in [-0.2, 0) is 42.8 Å². The van der Waals surface area contributed by atoms with Gasteiger partial charge in [0.1, 0.15) is 36.8 Å². The zero-order valence-electron chi connectivity index (χ0n) is 30.9. The smallest absolute Gasteiger partial charge is 0.308 e. The lowest BCUT2D eigenvalue weighted by Crippen LogP contribution is -2.65. The van der Waals surface area contributed by atoms with Gasteiger partial charge in [0.25, 0.3) is 0 Å². The minimum Gasteiger partial charge on any atom is -0.462 e. The van der Waals surface area contributed by atoms with Crippen LogP contribution in [0.4, 0.5) is 0 Å². The van der Waals surface area contributed by atoms with Gasteiger partial charge in [-0.2, -0.15) is 0 Å². The Morgan fingerprint density at radius 2 is 1.67 bits per heavy atom. The molecule has 0 radical (unpaired) electrons. The summed E-state index contributed by atoms with van der Waals surface area (Å²) < 4.78 is 36.1. The minimum absolute atomic E-state index is 0.0367. The van der Waals surface area contributed by atoms with E-state index in [0.717, 1.165) is 0 Å². The van der Waals surface area contributed by atoms with E-state index in [1.807, 2.05) is 0 Å². The Morgan fingerprint density at radius 1 is 0.980 bits per heavy atom. The molecule has 0 aromatic carbocycles. The molecule has 0 spiro atoms. The lowest BCUT2D eigenvalue weighted by atomic mass is 9.83. The highest BCUT2D eigenvalue weighted by atomic mass is 16.7. The molecule has 3 rings (SSSR count). The van der Waals surface area contributed by atoms with Crippen LogP contribution in [0.5, 0.6) is 0 Å². The molecule has 16 atom stereocenters. The van der Waals surface area contributed by atoms with E-state index in [-0.39, 0.29) is 31.7 Å². The van der Waals surface area contributed by atoms with Crippen LogP contribution >= 0.6 is 0 Å². The van der Waals surface area contributed by atoms with Gasteiger partial charge >= 0.3 is 5.97 Å². The van der Waals surface area contributed by atoms with E-state index in [0.29, 0.717) is 6.29 Å². The predicted octanol–water partition coefficient (Wildman–Crippen LogP) is 0.272. The fraction of sp³-hybridized carbons (Fsp3) is 0.806. The van der Waals surface area contributed by atoms with Gasteiger partial charge < -0.3 is 63.6 Å². The Labute approximate surface area is 300 Å². The monoisotopic (exact) mass is 729 g/mol. The molecule has 0 aliphatic carbocycles. The summed E-state index contributed by atoms with van der Waals surface area (Å²) in [6.45, 7) is 7.81. The van der Waals surface area contributed by atoms with Crippen LogP contribution in [0, 0.1) is 17.8 Å². The predicted molar refractivity (Wildman–Crippen MR) is 182 cm³/mol. The average Bonchev–Trinajstić information content (AvgIpc) is 3.04. The lowest BCUT2D eigenvalue weighted by molar-refractivity contribution is -0.344. The van der Waals surface area contributed by atoms with Gasteiger partial charge in [0.2, 0.25) is 0 Å². The van der Waals surface area contributed by atoms with E-state index in [9.17, 15) is 39.9 Å². The van der Waals surface area contributed by atoms with Crippen molar-refractivity contribution < 1.29 is 68.3 Å². The number of hydrogen-bond donors (Lipinski definition) is 5. The molecule has 15 heteroatoms. The number of rotatable bonds is 9. The Morgan fingerprint density at radius 3 is 2.25 bits per heavy atom. The quantitative estimate of drug-likeness (QED) is 0.159. The van der Waals surface area contributed by atoms with Crippen molar-refractivity contribution >= 4 is 18.0 Å². The number of aliphatic hydroxyl groups is 5. The maximum absolute atomic E-state index is 13.1. The molecule has 5 N–H and O–H groups in total. The Balaban J connectivity index is 1.96. The number of hydrogen-bond acceptors (Lipinski definition) is 15. The van der Waals surface area contributed by atoms with E-state index in [2.05, 4.69) is 0 Å². The summed E-state index contributed by atoms with van der Waals surface area (Å²) in [4.78, 5) is 39.9. The van der Waals surface area contributed by atoms with Crippen molar-refractivity contribution in [2.45, 2.75) is 139 Å². The Hall–Kier alpha value is -2.15. The van der Waals surface area contributed by atoms with Gasteiger partial charge in [-0.3, -0.25) is 9.59 Å². The molecule has 3 heterocycles.